The number of pyridine rings is 1. The molecule has 11 nitrogen and oxygen atoms in total. The van der Waals surface area contributed by atoms with Crippen LogP contribution in [0.2, 0.25) is 0 Å². The summed E-state index contributed by atoms with van der Waals surface area (Å²) in [4.78, 5) is 27.7. The van der Waals surface area contributed by atoms with Crippen molar-refractivity contribution in [2.75, 3.05) is 26.3 Å². The van der Waals surface area contributed by atoms with E-state index in [1.54, 1.807) is 0 Å². The lowest BCUT2D eigenvalue weighted by Gasteiger charge is -2.16. The van der Waals surface area contributed by atoms with Gasteiger partial charge in [-0.25, -0.2) is 0 Å². The maximum Gasteiger partial charge on any atom is 0.252 e. The molecular formula is C15H23N3O8. The van der Waals surface area contributed by atoms with Crippen LogP contribution in [0.4, 0.5) is 0 Å². The number of aliphatic hydroxyl groups is 6. The van der Waals surface area contributed by atoms with Gasteiger partial charge < -0.3 is 41.3 Å². The van der Waals surface area contributed by atoms with Gasteiger partial charge in [0, 0.05) is 25.5 Å². The first-order valence-electron chi connectivity index (χ1n) is 7.75. The van der Waals surface area contributed by atoms with E-state index in [9.17, 15) is 30.0 Å². The molecule has 0 aliphatic carbocycles. The number of nitrogens with zero attached hydrogens (tertiary/aromatic N) is 1. The van der Waals surface area contributed by atoms with E-state index >= 15 is 0 Å². The third kappa shape index (κ3) is 6.63. The highest BCUT2D eigenvalue weighted by Crippen LogP contribution is 2.04. The van der Waals surface area contributed by atoms with Crippen LogP contribution in [0, 0.1) is 0 Å². The summed E-state index contributed by atoms with van der Waals surface area (Å²) in [6.45, 7) is -1.96. The first kappa shape index (κ1) is 21.9. The molecular weight excluding hydrogens is 350 g/mol. The van der Waals surface area contributed by atoms with Crippen molar-refractivity contribution in [2.45, 2.75) is 24.4 Å². The molecule has 8 N–H and O–H groups in total. The maximum absolute atomic E-state index is 12.0. The molecule has 0 aliphatic heterocycles. The van der Waals surface area contributed by atoms with Crippen molar-refractivity contribution < 1.29 is 40.2 Å². The Balaban J connectivity index is 2.63. The molecule has 1 rings (SSSR count). The standard InChI is InChI=1S/C15H23N3O8/c19-6-12(23)10(21)4-17-14(25)8-1-9(3-16-2-8)15(26)18-5-11(22)13(24)7-20/h1-3,10-13,19-24H,4-7H2,(H,17,25)(H,18,26). The molecule has 0 fully saturated rings. The SMILES string of the molecule is O=C(NCC(O)C(O)CO)c1cncc(C(=O)NCC(O)C(O)CO)c1. The van der Waals surface area contributed by atoms with Crippen molar-refractivity contribution in [3.8, 4) is 0 Å². The molecule has 26 heavy (non-hydrogen) atoms. The van der Waals surface area contributed by atoms with Crippen LogP contribution in [0.25, 0.3) is 0 Å². The molecule has 0 saturated heterocycles. The quantitative estimate of drug-likeness (QED) is 0.202. The monoisotopic (exact) mass is 373 g/mol. The van der Waals surface area contributed by atoms with E-state index in [0.717, 1.165) is 0 Å². The largest absolute Gasteiger partial charge is 0.394 e. The zero-order valence-electron chi connectivity index (χ0n) is 13.8. The van der Waals surface area contributed by atoms with E-state index in [1.165, 1.54) is 18.5 Å². The minimum Gasteiger partial charge on any atom is -0.394 e. The summed E-state index contributed by atoms with van der Waals surface area (Å²) in [7, 11) is 0. The van der Waals surface area contributed by atoms with Gasteiger partial charge in [-0.3, -0.25) is 14.6 Å². The van der Waals surface area contributed by atoms with Gasteiger partial charge in [0.05, 0.1) is 36.5 Å². The number of hydrogen-bond donors (Lipinski definition) is 8. The Morgan fingerprint density at radius 2 is 1.19 bits per heavy atom. The summed E-state index contributed by atoms with van der Waals surface area (Å²) in [6, 6.07) is 1.22. The summed E-state index contributed by atoms with van der Waals surface area (Å²) in [6.07, 6.45) is -3.14. The van der Waals surface area contributed by atoms with Gasteiger partial charge in [-0.2, -0.15) is 0 Å². The Labute approximate surface area is 148 Å². The second-order valence-corrected chi connectivity index (χ2v) is 5.52. The minimum absolute atomic E-state index is 0.0132. The minimum atomic E-state index is -1.40. The molecule has 11 heteroatoms. The molecule has 4 unspecified atom stereocenters. The number of hydrogen-bond acceptors (Lipinski definition) is 9. The van der Waals surface area contributed by atoms with Crippen LogP contribution >= 0.6 is 0 Å². The van der Waals surface area contributed by atoms with Gasteiger partial charge in [-0.05, 0) is 6.07 Å². The number of carbonyl (C=O) groups is 2. The first-order chi connectivity index (χ1) is 12.3. The van der Waals surface area contributed by atoms with Crippen molar-refractivity contribution in [2.24, 2.45) is 0 Å². The molecule has 0 aliphatic rings. The van der Waals surface area contributed by atoms with Crippen LogP contribution < -0.4 is 10.6 Å². The van der Waals surface area contributed by atoms with Gasteiger partial charge >= 0.3 is 0 Å². The average Bonchev–Trinajstić information content (AvgIpc) is 2.68. The van der Waals surface area contributed by atoms with Crippen molar-refractivity contribution in [3.05, 3.63) is 29.6 Å². The fraction of sp³-hybridized carbons (Fsp3) is 0.533. The van der Waals surface area contributed by atoms with Crippen LogP contribution in [0.5, 0.6) is 0 Å². The predicted octanol–water partition coefficient (Wildman–Crippen LogP) is -4.03. The number of rotatable bonds is 10. The van der Waals surface area contributed by atoms with Crippen molar-refractivity contribution in [1.82, 2.24) is 15.6 Å². The second-order valence-electron chi connectivity index (χ2n) is 5.52. The lowest BCUT2D eigenvalue weighted by molar-refractivity contribution is -0.0123. The lowest BCUT2D eigenvalue weighted by Crippen LogP contribution is -2.41. The average molecular weight is 373 g/mol. The van der Waals surface area contributed by atoms with E-state index in [2.05, 4.69) is 15.6 Å². The highest BCUT2D eigenvalue weighted by molar-refractivity contribution is 5.99. The normalized spacial score (nSPS) is 15.6. The molecule has 146 valence electrons. The number of carbonyl (C=O) groups excluding carboxylic acids is 2. The Kier molecular flexibility index (Phi) is 9.05. The highest BCUT2D eigenvalue weighted by Gasteiger charge is 2.19. The Morgan fingerprint density at radius 3 is 1.54 bits per heavy atom. The molecule has 0 bridgehead atoms. The number of amides is 2. The molecule has 1 aromatic rings. The predicted molar refractivity (Wildman–Crippen MR) is 87.1 cm³/mol. The number of aliphatic hydroxyl groups excluding tert-OH is 6. The molecule has 2 amide bonds. The van der Waals surface area contributed by atoms with E-state index in [0.29, 0.717) is 0 Å². The fourth-order valence-corrected chi connectivity index (χ4v) is 1.80. The molecule has 4 atom stereocenters. The zero-order valence-corrected chi connectivity index (χ0v) is 13.8. The van der Waals surface area contributed by atoms with Crippen LogP contribution in [0.3, 0.4) is 0 Å². The van der Waals surface area contributed by atoms with Gasteiger partial charge in [0.25, 0.3) is 11.8 Å². The topological polar surface area (TPSA) is 192 Å². The summed E-state index contributed by atoms with van der Waals surface area (Å²) >= 11 is 0. The first-order valence-corrected chi connectivity index (χ1v) is 7.75. The van der Waals surface area contributed by atoms with Crippen molar-refractivity contribution >= 4 is 11.8 Å². The summed E-state index contributed by atoms with van der Waals surface area (Å²) < 4.78 is 0. The zero-order chi connectivity index (χ0) is 19.7. The van der Waals surface area contributed by atoms with Crippen LogP contribution in [0.15, 0.2) is 18.5 Å². The third-order valence-electron chi connectivity index (χ3n) is 3.47. The van der Waals surface area contributed by atoms with E-state index in [1.807, 2.05) is 0 Å². The number of nitrogens with one attached hydrogen (secondary N) is 2. The Hall–Kier alpha value is -2.15. The fourth-order valence-electron chi connectivity index (χ4n) is 1.80. The third-order valence-corrected chi connectivity index (χ3v) is 3.47. The number of aromatic nitrogens is 1. The second kappa shape index (κ2) is 10.8. The van der Waals surface area contributed by atoms with E-state index < -0.39 is 49.4 Å². The van der Waals surface area contributed by atoms with Crippen molar-refractivity contribution in [3.63, 3.8) is 0 Å². The maximum atomic E-state index is 12.0. The summed E-state index contributed by atoms with van der Waals surface area (Å²) in [5, 5.41) is 59.4. The molecule has 0 aromatic carbocycles. The van der Waals surface area contributed by atoms with Gasteiger partial charge in [0.1, 0.15) is 12.2 Å². The van der Waals surface area contributed by atoms with Gasteiger partial charge in [0.15, 0.2) is 0 Å². The molecule has 0 radical (unpaired) electrons. The van der Waals surface area contributed by atoms with Crippen LogP contribution in [-0.2, 0) is 0 Å². The smallest absolute Gasteiger partial charge is 0.252 e. The summed E-state index contributed by atoms with van der Waals surface area (Å²) in [5.74, 6) is -1.32. The lowest BCUT2D eigenvalue weighted by atomic mass is 10.1. The van der Waals surface area contributed by atoms with Crippen LogP contribution in [-0.4, -0.2) is 98.2 Å². The molecule has 0 saturated carbocycles. The van der Waals surface area contributed by atoms with Gasteiger partial charge in [0.2, 0.25) is 0 Å². The highest BCUT2D eigenvalue weighted by atomic mass is 16.4. The Bertz CT molecular complexity index is 553. The Morgan fingerprint density at radius 1 is 0.808 bits per heavy atom. The van der Waals surface area contributed by atoms with Gasteiger partial charge in [-0.15, -0.1) is 0 Å². The van der Waals surface area contributed by atoms with E-state index in [-0.39, 0.29) is 24.2 Å². The molecule has 1 aromatic heterocycles. The molecule has 1 heterocycles. The van der Waals surface area contributed by atoms with Gasteiger partial charge in [-0.1, -0.05) is 0 Å². The van der Waals surface area contributed by atoms with Crippen molar-refractivity contribution in [1.29, 1.82) is 0 Å². The molecule has 0 spiro atoms. The van der Waals surface area contributed by atoms with Crippen LogP contribution in [0.1, 0.15) is 20.7 Å². The van der Waals surface area contributed by atoms with E-state index in [4.69, 9.17) is 10.2 Å². The summed E-state index contributed by atoms with van der Waals surface area (Å²) in [5.41, 5.74) is 0.0264.